The van der Waals surface area contributed by atoms with Gasteiger partial charge in [-0.1, -0.05) is 31.1 Å². The van der Waals surface area contributed by atoms with E-state index in [1.807, 2.05) is 19.2 Å². The average Bonchev–Trinajstić information content (AvgIpc) is 3.49. The van der Waals surface area contributed by atoms with Crippen LogP contribution in [-0.4, -0.2) is 40.1 Å². The molecule has 1 saturated carbocycles. The van der Waals surface area contributed by atoms with Gasteiger partial charge >= 0.3 is 0 Å². The lowest BCUT2D eigenvalue weighted by Crippen LogP contribution is -2.16. The van der Waals surface area contributed by atoms with Crippen LogP contribution >= 0.6 is 0 Å². The molecule has 0 bridgehead atoms. The standard InChI is InChI=1S/C25H27N7O/c1-32-12-6-5-9-20(32)16-10-11-19(21(13-16)33-2)29-25-30-23-22(17(14-26)15-27-23)24(31-25)28-18-7-3-4-8-18/h6,9-13,15,18H,3-5,7-8H2,1-2H3,(H3,27,28,29,30,31). The first-order valence-corrected chi connectivity index (χ1v) is 11.3. The molecule has 1 aromatic carbocycles. The van der Waals surface area contributed by atoms with Gasteiger partial charge in [-0.3, -0.25) is 0 Å². The zero-order chi connectivity index (χ0) is 22.8. The van der Waals surface area contributed by atoms with E-state index in [4.69, 9.17) is 9.72 Å². The highest BCUT2D eigenvalue weighted by Gasteiger charge is 2.20. The molecule has 1 fully saturated rings. The van der Waals surface area contributed by atoms with E-state index in [2.05, 4.69) is 56.0 Å². The third-order valence-corrected chi connectivity index (χ3v) is 6.25. The van der Waals surface area contributed by atoms with Crippen LogP contribution in [0.15, 0.2) is 42.7 Å². The minimum atomic E-state index is 0.362. The van der Waals surface area contributed by atoms with Crippen LogP contribution in [0.3, 0.4) is 0 Å². The summed E-state index contributed by atoms with van der Waals surface area (Å²) in [6.07, 6.45) is 13.6. The van der Waals surface area contributed by atoms with Crippen molar-refractivity contribution in [2.75, 3.05) is 24.8 Å². The molecule has 0 amide bonds. The van der Waals surface area contributed by atoms with E-state index in [-0.39, 0.29) is 0 Å². The van der Waals surface area contributed by atoms with Gasteiger partial charge in [-0.15, -0.1) is 0 Å². The van der Waals surface area contributed by atoms with Crippen molar-refractivity contribution in [3.63, 3.8) is 0 Å². The lowest BCUT2D eigenvalue weighted by Gasteiger charge is -2.22. The van der Waals surface area contributed by atoms with Gasteiger partial charge in [-0.25, -0.2) is 0 Å². The number of benzene rings is 1. The number of ether oxygens (including phenoxy) is 1. The van der Waals surface area contributed by atoms with Crippen LogP contribution in [0.4, 0.5) is 17.5 Å². The Kier molecular flexibility index (Phi) is 5.61. The number of anilines is 3. The highest BCUT2D eigenvalue weighted by Crippen LogP contribution is 2.34. The Labute approximate surface area is 193 Å². The normalized spacial score (nSPS) is 16.0. The molecule has 168 valence electrons. The number of allylic oxidation sites excluding steroid dienone is 2. The second-order valence-corrected chi connectivity index (χ2v) is 8.42. The zero-order valence-corrected chi connectivity index (χ0v) is 18.9. The predicted molar refractivity (Wildman–Crippen MR) is 130 cm³/mol. The van der Waals surface area contributed by atoms with Crippen LogP contribution in [0.5, 0.6) is 5.75 Å². The average molecular weight is 442 g/mol. The molecular formula is C25H27N7O. The zero-order valence-electron chi connectivity index (χ0n) is 18.9. The van der Waals surface area contributed by atoms with Gasteiger partial charge in [-0.05, 0) is 31.4 Å². The van der Waals surface area contributed by atoms with Gasteiger partial charge in [0, 0.05) is 36.7 Å². The van der Waals surface area contributed by atoms with Crippen LogP contribution in [0, 0.1) is 11.3 Å². The minimum Gasteiger partial charge on any atom is -0.495 e. The molecule has 33 heavy (non-hydrogen) atoms. The lowest BCUT2D eigenvalue weighted by molar-refractivity contribution is 0.416. The number of aromatic amines is 1. The summed E-state index contributed by atoms with van der Waals surface area (Å²) in [6, 6.07) is 8.66. The van der Waals surface area contributed by atoms with E-state index in [0.29, 0.717) is 34.8 Å². The van der Waals surface area contributed by atoms with Crippen LogP contribution in [0.2, 0.25) is 0 Å². The van der Waals surface area contributed by atoms with Crippen molar-refractivity contribution < 1.29 is 4.74 Å². The molecule has 8 nitrogen and oxygen atoms in total. The predicted octanol–water partition coefficient (Wildman–Crippen LogP) is 5.13. The molecule has 0 saturated heterocycles. The van der Waals surface area contributed by atoms with Crippen LogP contribution in [0.25, 0.3) is 16.7 Å². The maximum atomic E-state index is 9.54. The summed E-state index contributed by atoms with van der Waals surface area (Å²) in [7, 11) is 3.69. The van der Waals surface area contributed by atoms with Crippen LogP contribution in [0.1, 0.15) is 43.2 Å². The van der Waals surface area contributed by atoms with Gasteiger partial charge in [0.25, 0.3) is 0 Å². The number of methoxy groups -OCH3 is 1. The first-order chi connectivity index (χ1) is 16.2. The minimum absolute atomic E-state index is 0.362. The Hall–Kier alpha value is -3.99. The number of nitrogens with one attached hydrogen (secondary N) is 3. The van der Waals surface area contributed by atoms with Gasteiger partial charge in [-0.2, -0.15) is 15.2 Å². The van der Waals surface area contributed by atoms with Gasteiger partial charge in [0.05, 0.1) is 23.7 Å². The number of fused-ring (bicyclic) bond motifs is 1. The van der Waals surface area contributed by atoms with Crippen molar-refractivity contribution in [3.8, 4) is 11.8 Å². The fourth-order valence-electron chi connectivity index (χ4n) is 4.56. The van der Waals surface area contributed by atoms with Crippen molar-refractivity contribution in [1.29, 1.82) is 5.26 Å². The maximum absolute atomic E-state index is 9.54. The monoisotopic (exact) mass is 441 g/mol. The van der Waals surface area contributed by atoms with E-state index in [1.165, 1.54) is 12.8 Å². The number of hydrogen-bond acceptors (Lipinski definition) is 7. The Morgan fingerprint density at radius 3 is 2.85 bits per heavy atom. The number of aromatic nitrogens is 3. The number of nitriles is 1. The summed E-state index contributed by atoms with van der Waals surface area (Å²) in [5.74, 6) is 1.83. The van der Waals surface area contributed by atoms with Gasteiger partial charge < -0.3 is 25.3 Å². The lowest BCUT2D eigenvalue weighted by atomic mass is 10.1. The number of H-pyrrole nitrogens is 1. The molecule has 2 aromatic heterocycles. The molecule has 1 aliphatic carbocycles. The Morgan fingerprint density at radius 1 is 1.24 bits per heavy atom. The summed E-state index contributed by atoms with van der Waals surface area (Å²) in [5, 5.41) is 17.1. The fourth-order valence-corrected chi connectivity index (χ4v) is 4.56. The number of hydrogen-bond donors (Lipinski definition) is 3. The van der Waals surface area contributed by atoms with Crippen molar-refractivity contribution >= 4 is 34.2 Å². The highest BCUT2D eigenvalue weighted by molar-refractivity contribution is 5.93. The molecule has 3 heterocycles. The SMILES string of the molecule is COc1cc(C2=CCC=CN2C)ccc1Nc1nc(NC2CCCC2)c2c(C#N)c[nH]c2n1. The summed E-state index contributed by atoms with van der Waals surface area (Å²) in [6.45, 7) is 0. The molecule has 3 aromatic rings. The Bertz CT molecular complexity index is 1280. The largest absolute Gasteiger partial charge is 0.495 e. The molecule has 8 heteroatoms. The summed E-state index contributed by atoms with van der Waals surface area (Å²) in [5.41, 5.74) is 4.15. The molecular weight excluding hydrogens is 414 g/mol. The molecule has 2 aliphatic rings. The summed E-state index contributed by atoms with van der Waals surface area (Å²) in [4.78, 5) is 14.6. The summed E-state index contributed by atoms with van der Waals surface area (Å²) < 4.78 is 5.68. The van der Waals surface area contributed by atoms with Gasteiger partial charge in [0.15, 0.2) is 0 Å². The van der Waals surface area contributed by atoms with Crippen molar-refractivity contribution in [2.45, 2.75) is 38.1 Å². The second kappa shape index (κ2) is 8.87. The molecule has 0 atom stereocenters. The number of nitrogens with zero attached hydrogens (tertiary/aromatic N) is 4. The van der Waals surface area contributed by atoms with E-state index >= 15 is 0 Å². The Balaban J connectivity index is 1.48. The molecule has 5 rings (SSSR count). The first-order valence-electron chi connectivity index (χ1n) is 11.3. The second-order valence-electron chi connectivity index (χ2n) is 8.42. The number of rotatable bonds is 6. The highest BCUT2D eigenvalue weighted by atomic mass is 16.5. The van der Waals surface area contributed by atoms with Gasteiger partial charge in [0.1, 0.15) is 23.3 Å². The molecule has 0 unspecified atom stereocenters. The van der Waals surface area contributed by atoms with Crippen molar-refractivity contribution in [1.82, 2.24) is 19.9 Å². The van der Waals surface area contributed by atoms with E-state index in [0.717, 1.165) is 41.6 Å². The Morgan fingerprint density at radius 2 is 2.09 bits per heavy atom. The van der Waals surface area contributed by atoms with Crippen LogP contribution in [-0.2, 0) is 0 Å². The van der Waals surface area contributed by atoms with E-state index in [1.54, 1.807) is 13.3 Å². The third-order valence-electron chi connectivity index (χ3n) is 6.25. The van der Waals surface area contributed by atoms with Crippen LogP contribution < -0.4 is 15.4 Å². The van der Waals surface area contributed by atoms with Gasteiger partial charge in [0.2, 0.25) is 5.95 Å². The smallest absolute Gasteiger partial charge is 0.231 e. The third kappa shape index (κ3) is 4.10. The van der Waals surface area contributed by atoms with Crippen molar-refractivity contribution in [2.24, 2.45) is 0 Å². The molecule has 0 radical (unpaired) electrons. The maximum Gasteiger partial charge on any atom is 0.231 e. The topological polar surface area (TPSA) is 102 Å². The fraction of sp³-hybridized carbons (Fsp3) is 0.320. The van der Waals surface area contributed by atoms with E-state index in [9.17, 15) is 5.26 Å². The first kappa shape index (κ1) is 20.9. The van der Waals surface area contributed by atoms with E-state index < -0.39 is 0 Å². The molecule has 3 N–H and O–H groups in total. The quantitative estimate of drug-likeness (QED) is 0.487. The molecule has 0 spiro atoms. The molecule has 1 aliphatic heterocycles. The van der Waals surface area contributed by atoms with Crippen molar-refractivity contribution in [3.05, 3.63) is 53.9 Å². The summed E-state index contributed by atoms with van der Waals surface area (Å²) >= 11 is 0.